The van der Waals surface area contributed by atoms with Crippen molar-refractivity contribution in [2.45, 2.75) is 26.3 Å². The highest BCUT2D eigenvalue weighted by molar-refractivity contribution is 7.89. The van der Waals surface area contributed by atoms with Gasteiger partial charge in [-0.25, -0.2) is 8.42 Å². The number of carbonyl (C=O) groups is 1. The number of amides is 1. The van der Waals surface area contributed by atoms with Crippen LogP contribution in [0.3, 0.4) is 0 Å². The van der Waals surface area contributed by atoms with Gasteiger partial charge in [-0.3, -0.25) is 4.79 Å². The lowest BCUT2D eigenvalue weighted by Crippen LogP contribution is -2.42. The summed E-state index contributed by atoms with van der Waals surface area (Å²) < 4.78 is 25.0. The van der Waals surface area contributed by atoms with Crippen LogP contribution in [0.4, 0.5) is 0 Å². The number of carbonyl (C=O) groups excluding carboxylic acids is 1. The molecule has 1 atom stereocenters. The van der Waals surface area contributed by atoms with E-state index in [2.05, 4.69) is 0 Å². The second-order valence-corrected chi connectivity index (χ2v) is 8.71. The zero-order chi connectivity index (χ0) is 17.2. The minimum Gasteiger partial charge on any atom is -0.337 e. The van der Waals surface area contributed by atoms with E-state index in [1.54, 1.807) is 18.0 Å². The largest absolute Gasteiger partial charge is 0.337 e. The van der Waals surface area contributed by atoms with Crippen molar-refractivity contribution >= 4 is 27.5 Å². The summed E-state index contributed by atoms with van der Waals surface area (Å²) in [6.45, 7) is 4.35. The normalized spacial score (nSPS) is 19.0. The van der Waals surface area contributed by atoms with Gasteiger partial charge in [-0.2, -0.15) is 4.31 Å². The molecule has 1 aliphatic rings. The number of rotatable bonds is 5. The molecule has 0 aromatic heterocycles. The van der Waals surface area contributed by atoms with E-state index in [-0.39, 0.29) is 30.2 Å². The number of sulfonamides is 1. The Balaban J connectivity index is 2.20. The van der Waals surface area contributed by atoms with E-state index in [0.717, 1.165) is 5.56 Å². The first-order valence-electron chi connectivity index (χ1n) is 7.72. The van der Waals surface area contributed by atoms with Crippen molar-refractivity contribution < 1.29 is 13.2 Å². The second kappa shape index (κ2) is 7.20. The van der Waals surface area contributed by atoms with E-state index in [1.165, 1.54) is 4.31 Å². The summed E-state index contributed by atoms with van der Waals surface area (Å²) in [6, 6.07) is 7.25. The van der Waals surface area contributed by atoms with Crippen LogP contribution in [0.15, 0.2) is 24.3 Å². The quantitative estimate of drug-likeness (QED) is 0.812. The first-order valence-corrected chi connectivity index (χ1v) is 9.70. The van der Waals surface area contributed by atoms with E-state index < -0.39 is 10.0 Å². The number of halogens is 1. The maximum Gasteiger partial charge on any atom is 0.238 e. The molecule has 1 aromatic rings. The summed E-state index contributed by atoms with van der Waals surface area (Å²) in [5.41, 5.74) is 0.879. The fourth-order valence-corrected chi connectivity index (χ4v) is 4.73. The lowest BCUT2D eigenvalue weighted by Gasteiger charge is -2.33. The zero-order valence-electron chi connectivity index (χ0n) is 13.7. The Morgan fingerprint density at radius 2 is 2.00 bits per heavy atom. The van der Waals surface area contributed by atoms with Gasteiger partial charge >= 0.3 is 0 Å². The first-order chi connectivity index (χ1) is 10.7. The van der Waals surface area contributed by atoms with Crippen molar-refractivity contribution in [2.24, 2.45) is 5.92 Å². The van der Waals surface area contributed by atoms with Crippen molar-refractivity contribution in [2.75, 3.05) is 25.9 Å². The molecule has 128 valence electrons. The molecule has 1 amide bonds. The van der Waals surface area contributed by atoms with E-state index in [1.807, 2.05) is 32.0 Å². The molecule has 1 saturated heterocycles. The highest BCUT2D eigenvalue weighted by Crippen LogP contribution is 2.32. The standard InChI is InChI=1S/C16H23ClN2O3S/c1-12(2)16(13-7-4-5-8-14(13)17)18(3)15(20)11-19-9-6-10-23(19,21)22/h4-5,7-8,12,16H,6,9-11H2,1-3H3/t16-/m0/s1. The number of hydrogen-bond donors (Lipinski definition) is 0. The Hall–Kier alpha value is -1.11. The molecule has 1 aromatic carbocycles. The summed E-state index contributed by atoms with van der Waals surface area (Å²) in [5.74, 6) is 0.0652. The van der Waals surface area contributed by atoms with Crippen LogP contribution in [0, 0.1) is 5.92 Å². The average molecular weight is 359 g/mol. The van der Waals surface area contributed by atoms with Gasteiger partial charge in [0.2, 0.25) is 15.9 Å². The van der Waals surface area contributed by atoms with Gasteiger partial charge in [0.15, 0.2) is 0 Å². The summed E-state index contributed by atoms with van der Waals surface area (Å²) in [4.78, 5) is 14.2. The predicted molar refractivity (Wildman–Crippen MR) is 91.8 cm³/mol. The van der Waals surface area contributed by atoms with Gasteiger partial charge in [0.1, 0.15) is 0 Å². The first kappa shape index (κ1) is 18.2. The molecule has 23 heavy (non-hydrogen) atoms. The lowest BCUT2D eigenvalue weighted by molar-refractivity contribution is -0.133. The number of likely N-dealkylation sites (N-methyl/N-ethyl adjacent to an activating group) is 1. The summed E-state index contributed by atoms with van der Waals surface area (Å²) >= 11 is 6.28. The second-order valence-electron chi connectivity index (χ2n) is 6.22. The van der Waals surface area contributed by atoms with Crippen LogP contribution < -0.4 is 0 Å². The maximum atomic E-state index is 12.6. The summed E-state index contributed by atoms with van der Waals surface area (Å²) in [5, 5.41) is 0.611. The molecular weight excluding hydrogens is 336 g/mol. The monoisotopic (exact) mass is 358 g/mol. The van der Waals surface area contributed by atoms with E-state index in [9.17, 15) is 13.2 Å². The lowest BCUT2D eigenvalue weighted by atomic mass is 9.94. The molecule has 7 heteroatoms. The van der Waals surface area contributed by atoms with Crippen molar-refractivity contribution in [3.8, 4) is 0 Å². The molecule has 2 rings (SSSR count). The Kier molecular flexibility index (Phi) is 5.70. The minimum atomic E-state index is -3.27. The molecule has 0 N–H and O–H groups in total. The number of nitrogens with zero attached hydrogens (tertiary/aromatic N) is 2. The van der Waals surface area contributed by atoms with Crippen molar-refractivity contribution in [1.29, 1.82) is 0 Å². The Bertz CT molecular complexity index is 676. The van der Waals surface area contributed by atoms with E-state index in [0.29, 0.717) is 18.0 Å². The molecule has 0 bridgehead atoms. The highest BCUT2D eigenvalue weighted by atomic mass is 35.5. The fraction of sp³-hybridized carbons (Fsp3) is 0.562. The molecule has 0 aliphatic carbocycles. The molecule has 1 heterocycles. The predicted octanol–water partition coefficient (Wildman–Crippen LogP) is 2.53. The van der Waals surface area contributed by atoms with Gasteiger partial charge in [-0.15, -0.1) is 0 Å². The molecule has 0 unspecified atom stereocenters. The van der Waals surface area contributed by atoms with Crippen LogP contribution in [-0.4, -0.2) is 49.4 Å². The molecule has 0 saturated carbocycles. The van der Waals surface area contributed by atoms with E-state index in [4.69, 9.17) is 11.6 Å². The third-order valence-corrected chi connectivity index (χ3v) is 6.43. The Morgan fingerprint density at radius 3 is 2.52 bits per heavy atom. The molecule has 5 nitrogen and oxygen atoms in total. The summed E-state index contributed by atoms with van der Waals surface area (Å²) in [7, 11) is -1.57. The van der Waals surface area contributed by atoms with Gasteiger partial charge in [0.05, 0.1) is 18.3 Å². The van der Waals surface area contributed by atoms with Gasteiger partial charge < -0.3 is 4.90 Å². The van der Waals surface area contributed by atoms with Gasteiger partial charge in [0, 0.05) is 18.6 Å². The van der Waals surface area contributed by atoms with Crippen LogP contribution in [0.5, 0.6) is 0 Å². The van der Waals surface area contributed by atoms with Gasteiger partial charge in [-0.05, 0) is 24.0 Å². The third-order valence-electron chi connectivity index (χ3n) is 4.18. The number of hydrogen-bond acceptors (Lipinski definition) is 3. The Labute approximate surface area is 143 Å². The van der Waals surface area contributed by atoms with Gasteiger partial charge in [-0.1, -0.05) is 43.6 Å². The van der Waals surface area contributed by atoms with Crippen molar-refractivity contribution in [3.05, 3.63) is 34.9 Å². The van der Waals surface area contributed by atoms with Crippen LogP contribution in [0.25, 0.3) is 0 Å². The van der Waals surface area contributed by atoms with Crippen molar-refractivity contribution in [3.63, 3.8) is 0 Å². The molecule has 0 spiro atoms. The smallest absolute Gasteiger partial charge is 0.238 e. The summed E-state index contributed by atoms with van der Waals surface area (Å²) in [6.07, 6.45) is 0.581. The SMILES string of the molecule is CC(C)[C@@H](c1ccccc1Cl)N(C)C(=O)CN1CCCS1(=O)=O. The molecule has 1 aliphatic heterocycles. The van der Waals surface area contributed by atoms with Crippen LogP contribution in [0.1, 0.15) is 31.9 Å². The molecular formula is C16H23ClN2O3S. The van der Waals surface area contributed by atoms with Gasteiger partial charge in [0.25, 0.3) is 0 Å². The average Bonchev–Trinajstić information content (AvgIpc) is 2.79. The van der Waals surface area contributed by atoms with E-state index >= 15 is 0 Å². The van der Waals surface area contributed by atoms with Crippen LogP contribution >= 0.6 is 11.6 Å². The molecule has 1 fully saturated rings. The van der Waals surface area contributed by atoms with Crippen LogP contribution in [0.2, 0.25) is 5.02 Å². The zero-order valence-corrected chi connectivity index (χ0v) is 15.3. The number of benzene rings is 1. The van der Waals surface area contributed by atoms with Crippen LogP contribution in [-0.2, 0) is 14.8 Å². The minimum absolute atomic E-state index is 0.105. The fourth-order valence-electron chi connectivity index (χ4n) is 3.02. The molecule has 0 radical (unpaired) electrons. The van der Waals surface area contributed by atoms with Crippen molar-refractivity contribution in [1.82, 2.24) is 9.21 Å². The third kappa shape index (κ3) is 4.05. The topological polar surface area (TPSA) is 57.7 Å². The Morgan fingerprint density at radius 1 is 1.35 bits per heavy atom. The maximum absolute atomic E-state index is 12.6. The highest BCUT2D eigenvalue weighted by Gasteiger charge is 2.33.